The van der Waals surface area contributed by atoms with Gasteiger partial charge in [-0.25, -0.2) is 8.42 Å². The highest BCUT2D eigenvalue weighted by Crippen LogP contribution is 2.17. The molecule has 1 unspecified atom stereocenters. The predicted octanol–water partition coefficient (Wildman–Crippen LogP) is 2.61. The SMILES string of the molecule is CCCNC(C)CS(=O)(=O)c1cccc(Br)c1. The van der Waals surface area contributed by atoms with Crippen molar-refractivity contribution in [2.45, 2.75) is 31.2 Å². The average Bonchev–Trinajstić information content (AvgIpc) is 2.26. The predicted molar refractivity (Wildman–Crippen MR) is 74.0 cm³/mol. The van der Waals surface area contributed by atoms with E-state index in [0.29, 0.717) is 4.90 Å². The Labute approximate surface area is 112 Å². The molecule has 5 heteroatoms. The van der Waals surface area contributed by atoms with Gasteiger partial charge in [0.25, 0.3) is 0 Å². The highest BCUT2D eigenvalue weighted by Gasteiger charge is 2.18. The normalized spacial score (nSPS) is 13.6. The van der Waals surface area contributed by atoms with Crippen molar-refractivity contribution in [2.75, 3.05) is 12.3 Å². The molecule has 0 radical (unpaired) electrons. The van der Waals surface area contributed by atoms with Gasteiger partial charge in [0.15, 0.2) is 9.84 Å². The molecule has 0 aliphatic rings. The second kappa shape index (κ2) is 6.52. The molecular weight excluding hydrogens is 302 g/mol. The van der Waals surface area contributed by atoms with Gasteiger partial charge >= 0.3 is 0 Å². The molecule has 1 N–H and O–H groups in total. The molecule has 0 amide bonds. The van der Waals surface area contributed by atoms with Crippen molar-refractivity contribution in [1.29, 1.82) is 0 Å². The van der Waals surface area contributed by atoms with Crippen LogP contribution in [-0.2, 0) is 9.84 Å². The summed E-state index contributed by atoms with van der Waals surface area (Å²) in [5.74, 6) is 0.128. The number of nitrogens with one attached hydrogen (secondary N) is 1. The van der Waals surface area contributed by atoms with Crippen LogP contribution in [0.1, 0.15) is 20.3 Å². The van der Waals surface area contributed by atoms with Crippen molar-refractivity contribution in [2.24, 2.45) is 0 Å². The summed E-state index contributed by atoms with van der Waals surface area (Å²) in [4.78, 5) is 0.372. The maximum Gasteiger partial charge on any atom is 0.179 e. The van der Waals surface area contributed by atoms with Gasteiger partial charge < -0.3 is 5.32 Å². The number of hydrogen-bond acceptors (Lipinski definition) is 3. The van der Waals surface area contributed by atoms with E-state index in [0.717, 1.165) is 17.4 Å². The monoisotopic (exact) mass is 319 g/mol. The third-order valence-corrected chi connectivity index (χ3v) is 4.77. The zero-order valence-electron chi connectivity index (χ0n) is 10.1. The molecule has 0 aliphatic heterocycles. The van der Waals surface area contributed by atoms with Crippen molar-refractivity contribution >= 4 is 25.8 Å². The summed E-state index contributed by atoms with van der Waals surface area (Å²) in [5, 5.41) is 3.18. The van der Waals surface area contributed by atoms with Crippen molar-refractivity contribution in [3.05, 3.63) is 28.7 Å². The molecule has 1 aromatic carbocycles. The summed E-state index contributed by atoms with van der Waals surface area (Å²) in [5.41, 5.74) is 0. The summed E-state index contributed by atoms with van der Waals surface area (Å²) in [7, 11) is -3.20. The summed E-state index contributed by atoms with van der Waals surface area (Å²) in [6.07, 6.45) is 1.00. The first-order chi connectivity index (χ1) is 7.95. The Balaban J connectivity index is 2.75. The molecule has 1 rings (SSSR count). The fraction of sp³-hybridized carbons (Fsp3) is 0.500. The van der Waals surface area contributed by atoms with Crippen LogP contribution in [-0.4, -0.2) is 26.8 Å². The van der Waals surface area contributed by atoms with Crippen molar-refractivity contribution in [1.82, 2.24) is 5.32 Å². The first kappa shape index (κ1) is 14.7. The van der Waals surface area contributed by atoms with E-state index in [2.05, 4.69) is 28.2 Å². The van der Waals surface area contributed by atoms with Crippen LogP contribution in [0.4, 0.5) is 0 Å². The van der Waals surface area contributed by atoms with Crippen molar-refractivity contribution in [3.63, 3.8) is 0 Å². The molecule has 0 saturated heterocycles. The first-order valence-corrected chi connectivity index (χ1v) is 8.12. The molecule has 3 nitrogen and oxygen atoms in total. The van der Waals surface area contributed by atoms with Crippen LogP contribution in [0.15, 0.2) is 33.6 Å². The molecule has 0 bridgehead atoms. The molecule has 0 aromatic heterocycles. The van der Waals surface area contributed by atoms with Crippen LogP contribution >= 0.6 is 15.9 Å². The third kappa shape index (κ3) is 4.77. The van der Waals surface area contributed by atoms with Crippen LogP contribution < -0.4 is 5.32 Å². The van der Waals surface area contributed by atoms with Gasteiger partial charge in [-0.05, 0) is 38.1 Å². The lowest BCUT2D eigenvalue weighted by Crippen LogP contribution is -2.33. The minimum absolute atomic E-state index is 0.0288. The molecule has 0 fully saturated rings. The lowest BCUT2D eigenvalue weighted by atomic mass is 10.3. The van der Waals surface area contributed by atoms with Crippen LogP contribution in [0.3, 0.4) is 0 Å². The van der Waals surface area contributed by atoms with Gasteiger partial charge in [-0.1, -0.05) is 28.9 Å². The quantitative estimate of drug-likeness (QED) is 0.876. The topological polar surface area (TPSA) is 46.2 Å². The Bertz CT molecular complexity index is 459. The zero-order valence-corrected chi connectivity index (χ0v) is 12.5. The fourth-order valence-electron chi connectivity index (χ4n) is 1.54. The van der Waals surface area contributed by atoms with Gasteiger partial charge in [0, 0.05) is 10.5 Å². The van der Waals surface area contributed by atoms with E-state index in [1.54, 1.807) is 18.2 Å². The third-order valence-electron chi connectivity index (χ3n) is 2.37. The Morgan fingerprint density at radius 2 is 2.12 bits per heavy atom. The molecule has 0 heterocycles. The lowest BCUT2D eigenvalue weighted by molar-refractivity contribution is 0.555. The highest BCUT2D eigenvalue weighted by molar-refractivity contribution is 9.10. The van der Waals surface area contributed by atoms with Crippen LogP contribution in [0.5, 0.6) is 0 Å². The minimum Gasteiger partial charge on any atom is -0.313 e. The van der Waals surface area contributed by atoms with Gasteiger partial charge in [0.05, 0.1) is 10.6 Å². The van der Waals surface area contributed by atoms with E-state index < -0.39 is 9.84 Å². The van der Waals surface area contributed by atoms with Gasteiger partial charge in [-0.2, -0.15) is 0 Å². The standard InChI is InChI=1S/C12H18BrNO2S/c1-3-7-14-10(2)9-17(15,16)12-6-4-5-11(13)8-12/h4-6,8,10,14H,3,7,9H2,1-2H3. The number of halogens is 1. The smallest absolute Gasteiger partial charge is 0.179 e. The fourth-order valence-corrected chi connectivity index (χ4v) is 3.65. The minimum atomic E-state index is -3.20. The molecule has 0 saturated carbocycles. The highest BCUT2D eigenvalue weighted by atomic mass is 79.9. The maximum absolute atomic E-state index is 12.1. The molecule has 0 aliphatic carbocycles. The zero-order chi connectivity index (χ0) is 12.9. The van der Waals surface area contributed by atoms with E-state index in [1.165, 1.54) is 0 Å². The summed E-state index contributed by atoms with van der Waals surface area (Å²) >= 11 is 3.28. The molecule has 96 valence electrons. The summed E-state index contributed by atoms with van der Waals surface area (Å²) in [6.45, 7) is 4.79. The Kier molecular flexibility index (Phi) is 5.62. The average molecular weight is 320 g/mol. The Hall–Kier alpha value is -0.390. The second-order valence-electron chi connectivity index (χ2n) is 4.09. The van der Waals surface area contributed by atoms with E-state index in [-0.39, 0.29) is 11.8 Å². The van der Waals surface area contributed by atoms with E-state index in [9.17, 15) is 8.42 Å². The molecular formula is C12H18BrNO2S. The lowest BCUT2D eigenvalue weighted by Gasteiger charge is -2.13. The number of sulfone groups is 1. The maximum atomic E-state index is 12.1. The Morgan fingerprint density at radius 3 is 2.71 bits per heavy atom. The molecule has 1 atom stereocenters. The van der Waals surface area contributed by atoms with E-state index in [1.807, 2.05) is 13.0 Å². The Morgan fingerprint density at radius 1 is 1.41 bits per heavy atom. The summed E-state index contributed by atoms with van der Waals surface area (Å²) in [6, 6.07) is 6.80. The summed E-state index contributed by atoms with van der Waals surface area (Å²) < 4.78 is 25.0. The number of benzene rings is 1. The van der Waals surface area contributed by atoms with Crippen LogP contribution in [0.25, 0.3) is 0 Å². The van der Waals surface area contributed by atoms with Gasteiger partial charge in [-0.3, -0.25) is 0 Å². The molecule has 0 spiro atoms. The molecule has 1 aromatic rings. The van der Waals surface area contributed by atoms with Crippen molar-refractivity contribution < 1.29 is 8.42 Å². The van der Waals surface area contributed by atoms with E-state index in [4.69, 9.17) is 0 Å². The number of hydrogen-bond donors (Lipinski definition) is 1. The van der Waals surface area contributed by atoms with Gasteiger partial charge in [0.1, 0.15) is 0 Å². The van der Waals surface area contributed by atoms with E-state index >= 15 is 0 Å². The van der Waals surface area contributed by atoms with Gasteiger partial charge in [0.2, 0.25) is 0 Å². The molecule has 17 heavy (non-hydrogen) atoms. The van der Waals surface area contributed by atoms with Crippen molar-refractivity contribution in [3.8, 4) is 0 Å². The van der Waals surface area contributed by atoms with Crippen LogP contribution in [0.2, 0.25) is 0 Å². The first-order valence-electron chi connectivity index (χ1n) is 5.67. The van der Waals surface area contributed by atoms with Gasteiger partial charge in [-0.15, -0.1) is 0 Å². The largest absolute Gasteiger partial charge is 0.313 e. The second-order valence-corrected chi connectivity index (χ2v) is 7.04. The van der Waals surface area contributed by atoms with Crippen LogP contribution in [0, 0.1) is 0 Å². The number of rotatable bonds is 6.